The van der Waals surface area contributed by atoms with Crippen molar-refractivity contribution in [2.75, 3.05) is 18.4 Å². The van der Waals surface area contributed by atoms with Crippen LogP contribution in [0.3, 0.4) is 0 Å². The number of nitro groups is 1. The van der Waals surface area contributed by atoms with Crippen molar-refractivity contribution in [2.24, 2.45) is 0 Å². The zero-order valence-corrected chi connectivity index (χ0v) is 19.5. The molecule has 0 saturated carbocycles. The standard InChI is InChI=1S/C22H27N5O6.ClH/c1-15-8-10-24-19(11-15)23-9-3-2-7-20(28)25-14-21(29)26-18(13-22(30)31)16-5-4-6-17(12-16)27(32)33;/h4-6,8,10-12,18H,2-3,7,9,13-14H2,1H3,(H,23,24)(H,25,28)(H,26,29)(H,30,31);1H. The fourth-order valence-corrected chi connectivity index (χ4v) is 3.05. The number of rotatable bonds is 13. The highest BCUT2D eigenvalue weighted by molar-refractivity contribution is 5.85. The van der Waals surface area contributed by atoms with E-state index in [2.05, 4.69) is 20.9 Å². The van der Waals surface area contributed by atoms with E-state index in [4.69, 9.17) is 5.11 Å². The minimum absolute atomic E-state index is 0. The normalized spacial score (nSPS) is 11.0. The van der Waals surface area contributed by atoms with Crippen molar-refractivity contribution in [3.05, 3.63) is 63.8 Å². The third-order valence-corrected chi connectivity index (χ3v) is 4.70. The highest BCUT2D eigenvalue weighted by Crippen LogP contribution is 2.21. The lowest BCUT2D eigenvalue weighted by Gasteiger charge is -2.17. The monoisotopic (exact) mass is 493 g/mol. The van der Waals surface area contributed by atoms with Crippen LogP contribution >= 0.6 is 12.4 Å². The van der Waals surface area contributed by atoms with E-state index in [-0.39, 0.29) is 37.0 Å². The van der Waals surface area contributed by atoms with Crippen molar-refractivity contribution in [3.8, 4) is 0 Å². The van der Waals surface area contributed by atoms with Gasteiger partial charge in [-0.25, -0.2) is 4.98 Å². The molecule has 0 spiro atoms. The first-order chi connectivity index (χ1) is 15.7. The summed E-state index contributed by atoms with van der Waals surface area (Å²) in [6.45, 7) is 2.31. The molecular formula is C22H28ClN5O6. The van der Waals surface area contributed by atoms with E-state index in [0.29, 0.717) is 18.5 Å². The molecule has 0 radical (unpaired) electrons. The van der Waals surface area contributed by atoms with Gasteiger partial charge in [0.2, 0.25) is 11.8 Å². The van der Waals surface area contributed by atoms with Crippen LogP contribution in [0.4, 0.5) is 11.5 Å². The first kappa shape index (κ1) is 28.3. The molecule has 1 atom stereocenters. The first-order valence-corrected chi connectivity index (χ1v) is 10.4. The number of nitro benzene ring substituents is 1. The zero-order chi connectivity index (χ0) is 24.2. The van der Waals surface area contributed by atoms with Crippen molar-refractivity contribution in [2.45, 2.75) is 38.6 Å². The number of halogens is 1. The van der Waals surface area contributed by atoms with E-state index in [9.17, 15) is 24.5 Å². The summed E-state index contributed by atoms with van der Waals surface area (Å²) in [6, 6.07) is 8.27. The highest BCUT2D eigenvalue weighted by atomic mass is 35.5. The van der Waals surface area contributed by atoms with Crippen LogP contribution in [0.1, 0.15) is 42.9 Å². The van der Waals surface area contributed by atoms with Crippen molar-refractivity contribution in [1.29, 1.82) is 0 Å². The number of aryl methyl sites for hydroxylation is 1. The molecule has 2 amide bonds. The third-order valence-electron chi connectivity index (χ3n) is 4.70. The molecule has 1 aromatic carbocycles. The molecule has 0 saturated heterocycles. The molecule has 0 fully saturated rings. The molecule has 0 aliphatic heterocycles. The van der Waals surface area contributed by atoms with Gasteiger partial charge in [-0.1, -0.05) is 12.1 Å². The maximum absolute atomic E-state index is 12.2. The Labute approximate surface area is 202 Å². The SMILES string of the molecule is Cc1ccnc(NCCCCC(=O)NCC(=O)NC(CC(=O)O)c2cccc([N+](=O)[O-])c2)c1.Cl. The van der Waals surface area contributed by atoms with E-state index in [1.165, 1.54) is 24.3 Å². The number of amides is 2. The Balaban J connectivity index is 0.00000578. The van der Waals surface area contributed by atoms with Crippen LogP contribution in [-0.4, -0.2) is 45.9 Å². The van der Waals surface area contributed by atoms with Crippen LogP contribution in [0.25, 0.3) is 0 Å². The number of carboxylic acids is 1. The average molecular weight is 494 g/mol. The van der Waals surface area contributed by atoms with E-state index >= 15 is 0 Å². The van der Waals surface area contributed by atoms with Gasteiger partial charge in [-0.05, 0) is 43.0 Å². The van der Waals surface area contributed by atoms with Crippen molar-refractivity contribution >= 4 is 41.7 Å². The molecule has 0 aliphatic rings. The predicted octanol–water partition coefficient (Wildman–Crippen LogP) is 2.75. The predicted molar refractivity (Wildman–Crippen MR) is 128 cm³/mol. The smallest absolute Gasteiger partial charge is 0.305 e. The van der Waals surface area contributed by atoms with E-state index in [1.807, 2.05) is 19.1 Å². The van der Waals surface area contributed by atoms with Gasteiger partial charge in [0, 0.05) is 31.3 Å². The summed E-state index contributed by atoms with van der Waals surface area (Å²) in [4.78, 5) is 49.9. The molecule has 1 aromatic heterocycles. The fourth-order valence-electron chi connectivity index (χ4n) is 3.05. The summed E-state index contributed by atoms with van der Waals surface area (Å²) in [7, 11) is 0. The maximum Gasteiger partial charge on any atom is 0.305 e. The van der Waals surface area contributed by atoms with Gasteiger partial charge in [-0.2, -0.15) is 0 Å². The maximum atomic E-state index is 12.2. The fraction of sp³-hybridized carbons (Fsp3) is 0.364. The number of hydrogen-bond acceptors (Lipinski definition) is 7. The number of carboxylic acid groups (broad SMARTS) is 1. The number of anilines is 1. The van der Waals surface area contributed by atoms with Crippen LogP contribution in [0, 0.1) is 17.0 Å². The first-order valence-electron chi connectivity index (χ1n) is 10.4. The Kier molecular flexibility index (Phi) is 12.0. The minimum Gasteiger partial charge on any atom is -0.481 e. The van der Waals surface area contributed by atoms with Gasteiger partial charge in [-0.15, -0.1) is 12.4 Å². The Hall–Kier alpha value is -3.73. The summed E-state index contributed by atoms with van der Waals surface area (Å²) >= 11 is 0. The van der Waals surface area contributed by atoms with Crippen molar-refractivity contribution in [3.63, 3.8) is 0 Å². The van der Waals surface area contributed by atoms with Crippen LogP contribution in [0.5, 0.6) is 0 Å². The summed E-state index contributed by atoms with van der Waals surface area (Å²) in [5.74, 6) is -1.29. The summed E-state index contributed by atoms with van der Waals surface area (Å²) in [6.07, 6.45) is 2.85. The second kappa shape index (κ2) is 14.4. The van der Waals surface area contributed by atoms with Gasteiger partial charge < -0.3 is 21.1 Å². The molecule has 1 unspecified atom stereocenters. The molecule has 0 bridgehead atoms. The van der Waals surface area contributed by atoms with Crippen LogP contribution in [-0.2, 0) is 14.4 Å². The lowest BCUT2D eigenvalue weighted by molar-refractivity contribution is -0.384. The Bertz CT molecular complexity index is 1000. The van der Waals surface area contributed by atoms with Gasteiger partial charge >= 0.3 is 5.97 Å². The van der Waals surface area contributed by atoms with Crippen LogP contribution in [0.2, 0.25) is 0 Å². The van der Waals surface area contributed by atoms with Gasteiger partial charge in [0.1, 0.15) is 5.82 Å². The second-order valence-electron chi connectivity index (χ2n) is 7.45. The molecule has 2 rings (SSSR count). The Morgan fingerprint density at radius 2 is 1.91 bits per heavy atom. The lowest BCUT2D eigenvalue weighted by atomic mass is 10.0. The van der Waals surface area contributed by atoms with Crippen LogP contribution < -0.4 is 16.0 Å². The summed E-state index contributed by atoms with van der Waals surface area (Å²) in [5.41, 5.74) is 1.18. The number of nitrogens with zero attached hydrogens (tertiary/aromatic N) is 2. The van der Waals surface area contributed by atoms with Crippen LogP contribution in [0.15, 0.2) is 42.6 Å². The number of carbonyl (C=O) groups excluding carboxylic acids is 2. The molecule has 12 heteroatoms. The summed E-state index contributed by atoms with van der Waals surface area (Å²) in [5, 5.41) is 28.3. The highest BCUT2D eigenvalue weighted by Gasteiger charge is 2.20. The molecule has 0 aliphatic carbocycles. The van der Waals surface area contributed by atoms with E-state index in [1.54, 1.807) is 6.20 Å². The second-order valence-corrected chi connectivity index (χ2v) is 7.45. The average Bonchev–Trinajstić information content (AvgIpc) is 2.77. The molecule has 34 heavy (non-hydrogen) atoms. The summed E-state index contributed by atoms with van der Waals surface area (Å²) < 4.78 is 0. The quantitative estimate of drug-likeness (QED) is 0.188. The number of aromatic nitrogens is 1. The molecular weight excluding hydrogens is 466 g/mol. The van der Waals surface area contributed by atoms with Gasteiger partial charge in [-0.3, -0.25) is 24.5 Å². The molecule has 11 nitrogen and oxygen atoms in total. The molecule has 2 aromatic rings. The van der Waals surface area contributed by atoms with Gasteiger partial charge in [0.25, 0.3) is 5.69 Å². The van der Waals surface area contributed by atoms with Crippen molar-refractivity contribution < 1.29 is 24.4 Å². The lowest BCUT2D eigenvalue weighted by Crippen LogP contribution is -2.39. The number of nitrogens with one attached hydrogen (secondary N) is 3. The number of unbranched alkanes of at least 4 members (excludes halogenated alkanes) is 1. The molecule has 4 N–H and O–H groups in total. The number of aliphatic carboxylic acids is 1. The Morgan fingerprint density at radius 1 is 1.15 bits per heavy atom. The van der Waals surface area contributed by atoms with Gasteiger partial charge in [0.05, 0.1) is 23.9 Å². The molecule has 1 heterocycles. The van der Waals surface area contributed by atoms with Gasteiger partial charge in [0.15, 0.2) is 0 Å². The topological polar surface area (TPSA) is 164 Å². The van der Waals surface area contributed by atoms with Crippen molar-refractivity contribution in [1.82, 2.24) is 15.6 Å². The minimum atomic E-state index is -1.18. The van der Waals surface area contributed by atoms with E-state index < -0.39 is 29.3 Å². The number of pyridine rings is 1. The number of hydrogen-bond donors (Lipinski definition) is 4. The zero-order valence-electron chi connectivity index (χ0n) is 18.7. The molecule has 184 valence electrons. The van der Waals surface area contributed by atoms with E-state index in [0.717, 1.165) is 17.8 Å². The number of benzene rings is 1. The number of non-ortho nitro benzene ring substituents is 1. The Morgan fingerprint density at radius 3 is 2.59 bits per heavy atom. The largest absolute Gasteiger partial charge is 0.481 e. The number of carbonyl (C=O) groups is 3. The third kappa shape index (κ3) is 10.3.